The van der Waals surface area contributed by atoms with E-state index in [1.165, 1.54) is 170 Å². The molecule has 482 valence electrons. The second-order valence-corrected chi connectivity index (χ2v) is 33.0. The Balaban J connectivity index is 0.968. The molecule has 18 aromatic rings. The van der Waals surface area contributed by atoms with Gasteiger partial charge in [-0.05, 0) is 192 Å². The van der Waals surface area contributed by atoms with Gasteiger partial charge in [0.2, 0.25) is 0 Å². The highest BCUT2D eigenvalue weighted by Crippen LogP contribution is 2.52. The molecule has 100 heavy (non-hydrogen) atoms. The van der Waals surface area contributed by atoms with Gasteiger partial charge in [-0.25, -0.2) is 0 Å². The van der Waals surface area contributed by atoms with Crippen LogP contribution in [-0.2, 0) is 21.7 Å². The number of fused-ring (bicyclic) bond motifs is 19. The lowest BCUT2D eigenvalue weighted by molar-refractivity contribution is 0.590. The van der Waals surface area contributed by atoms with Crippen LogP contribution in [0.5, 0.6) is 0 Å². The van der Waals surface area contributed by atoms with Crippen LogP contribution >= 0.6 is 0 Å². The van der Waals surface area contributed by atoms with Gasteiger partial charge in [0, 0.05) is 88.0 Å². The van der Waals surface area contributed by atoms with Crippen molar-refractivity contribution >= 4 is 155 Å². The summed E-state index contributed by atoms with van der Waals surface area (Å²) in [5.41, 5.74) is 31.5. The molecule has 13 aromatic carbocycles. The Kier molecular flexibility index (Phi) is 12.0. The number of rotatable bonds is 5. The predicted molar refractivity (Wildman–Crippen MR) is 430 cm³/mol. The van der Waals surface area contributed by atoms with Gasteiger partial charge >= 0.3 is 0 Å². The van der Waals surface area contributed by atoms with Crippen molar-refractivity contribution in [2.24, 2.45) is 0 Å². The van der Waals surface area contributed by atoms with E-state index in [0.29, 0.717) is 0 Å². The van der Waals surface area contributed by atoms with E-state index in [-0.39, 0.29) is 28.4 Å². The van der Waals surface area contributed by atoms with Crippen molar-refractivity contribution in [1.82, 2.24) is 13.4 Å². The standard InChI is InChI=1S/C94H78BN5/c1-91(2,3)59-35-41-80-68(43-59)72-45-61(93(7,8)9)47-74-70-51-76-84(53-82(70)99(80)89(72)74)96(63-37-31-57(32-38-63)55-23-15-13-16-24-55)86-49-65(98-78-29-21-19-27-66(78)67-28-20-22-30-79(67)98)50-87-88(86)95(76)77-52-71-75-48-62(94(10,11)12)46-73-69-44-60(92(4,5)6)36-42-81(69)100(90(73)75)83(71)54-85(77)97(87)64-39-33-58(34-40-64)56-25-17-14-18-26-56/h13-54H,1-12H3. The summed E-state index contributed by atoms with van der Waals surface area (Å²) in [6.45, 7) is 28.1. The summed E-state index contributed by atoms with van der Waals surface area (Å²) < 4.78 is 7.79. The van der Waals surface area contributed by atoms with Crippen molar-refractivity contribution in [1.29, 1.82) is 0 Å². The van der Waals surface area contributed by atoms with Gasteiger partial charge in [-0.15, -0.1) is 0 Å². The number of hydrogen-bond acceptors (Lipinski definition) is 2. The smallest absolute Gasteiger partial charge is 0.252 e. The highest BCUT2D eigenvalue weighted by Gasteiger charge is 2.46. The molecular formula is C94H78BN5. The van der Waals surface area contributed by atoms with Crippen LogP contribution in [-0.4, -0.2) is 20.1 Å². The normalized spacial score (nSPS) is 13.7. The van der Waals surface area contributed by atoms with Crippen molar-refractivity contribution in [3.05, 3.63) is 277 Å². The van der Waals surface area contributed by atoms with E-state index >= 15 is 0 Å². The van der Waals surface area contributed by atoms with Gasteiger partial charge in [0.15, 0.2) is 0 Å². The monoisotopic (exact) mass is 1290 g/mol. The first-order chi connectivity index (χ1) is 48.1. The van der Waals surface area contributed by atoms with Crippen LogP contribution in [0.1, 0.15) is 105 Å². The first kappa shape index (κ1) is 59.0. The molecule has 0 N–H and O–H groups in total. The van der Waals surface area contributed by atoms with E-state index in [1.807, 2.05) is 0 Å². The number of aromatic nitrogens is 3. The summed E-state index contributed by atoms with van der Waals surface area (Å²) in [7, 11) is 0. The third-order valence-electron chi connectivity index (χ3n) is 22.8. The van der Waals surface area contributed by atoms with E-state index in [9.17, 15) is 0 Å². The zero-order valence-corrected chi connectivity index (χ0v) is 59.1. The van der Waals surface area contributed by atoms with E-state index < -0.39 is 0 Å². The largest absolute Gasteiger partial charge is 0.311 e. The second-order valence-electron chi connectivity index (χ2n) is 33.0. The highest BCUT2D eigenvalue weighted by atomic mass is 15.2. The van der Waals surface area contributed by atoms with Crippen LogP contribution in [0.3, 0.4) is 0 Å². The Hall–Kier alpha value is -11.1. The van der Waals surface area contributed by atoms with Crippen molar-refractivity contribution in [3.63, 3.8) is 0 Å². The third-order valence-corrected chi connectivity index (χ3v) is 22.8. The summed E-state index contributed by atoms with van der Waals surface area (Å²) in [5.74, 6) is 0. The Morgan fingerprint density at radius 1 is 0.240 bits per heavy atom. The molecule has 0 amide bonds. The lowest BCUT2D eigenvalue weighted by atomic mass is 9.33. The van der Waals surface area contributed by atoms with Crippen LogP contribution in [0.2, 0.25) is 0 Å². The van der Waals surface area contributed by atoms with E-state index in [2.05, 4.69) is 361 Å². The molecular weight excluding hydrogens is 1210 g/mol. The third kappa shape index (κ3) is 8.37. The molecule has 0 bridgehead atoms. The summed E-state index contributed by atoms with van der Waals surface area (Å²) in [5, 5.41) is 12.9. The molecule has 0 saturated carbocycles. The van der Waals surface area contributed by atoms with Gasteiger partial charge in [0.25, 0.3) is 6.71 Å². The first-order valence-corrected chi connectivity index (χ1v) is 35.8. The fourth-order valence-electron chi connectivity index (χ4n) is 17.6. The number of hydrogen-bond donors (Lipinski definition) is 0. The Bertz CT molecular complexity index is 6090. The predicted octanol–water partition coefficient (Wildman–Crippen LogP) is 23.7. The van der Waals surface area contributed by atoms with Crippen molar-refractivity contribution in [2.75, 3.05) is 9.80 Å². The van der Waals surface area contributed by atoms with Crippen LogP contribution in [0.25, 0.3) is 126 Å². The van der Waals surface area contributed by atoms with Gasteiger partial charge in [0.1, 0.15) is 0 Å². The molecule has 20 rings (SSSR count). The molecule has 0 unspecified atom stereocenters. The van der Waals surface area contributed by atoms with E-state index in [1.54, 1.807) is 0 Å². The first-order valence-electron chi connectivity index (χ1n) is 35.8. The Morgan fingerprint density at radius 3 is 0.960 bits per heavy atom. The van der Waals surface area contributed by atoms with Crippen LogP contribution in [0.4, 0.5) is 34.1 Å². The highest BCUT2D eigenvalue weighted by molar-refractivity contribution is 7.00. The lowest BCUT2D eigenvalue weighted by Crippen LogP contribution is -2.61. The van der Waals surface area contributed by atoms with Gasteiger partial charge in [0.05, 0.1) is 49.8 Å². The zero-order chi connectivity index (χ0) is 67.9. The molecule has 2 aliphatic heterocycles. The summed E-state index contributed by atoms with van der Waals surface area (Å²) in [6.07, 6.45) is 0. The van der Waals surface area contributed by atoms with Crippen molar-refractivity contribution in [2.45, 2.75) is 105 Å². The maximum atomic E-state index is 2.65. The molecule has 0 atom stereocenters. The molecule has 0 aliphatic carbocycles. The fraction of sp³-hybridized carbons (Fsp3) is 0.170. The Labute approximate surface area is 584 Å². The average molecular weight is 1290 g/mol. The maximum absolute atomic E-state index is 2.65. The van der Waals surface area contributed by atoms with Crippen LogP contribution in [0.15, 0.2) is 255 Å². The van der Waals surface area contributed by atoms with E-state index in [0.717, 1.165) is 28.4 Å². The van der Waals surface area contributed by atoms with E-state index in [4.69, 9.17) is 0 Å². The van der Waals surface area contributed by atoms with Gasteiger partial charge < -0.3 is 23.2 Å². The molecule has 0 saturated heterocycles. The minimum Gasteiger partial charge on any atom is -0.311 e. The van der Waals surface area contributed by atoms with Gasteiger partial charge in [-0.2, -0.15) is 0 Å². The van der Waals surface area contributed by atoms with Gasteiger partial charge in [-0.1, -0.05) is 229 Å². The topological polar surface area (TPSA) is 20.2 Å². The minimum absolute atomic E-state index is 0.0260. The molecule has 2 aliphatic rings. The molecule has 0 spiro atoms. The molecule has 0 radical (unpaired) electrons. The summed E-state index contributed by atoms with van der Waals surface area (Å²) in [6, 6.07) is 98.8. The average Bonchev–Trinajstić information content (AvgIpc) is 1.37. The van der Waals surface area contributed by atoms with Gasteiger partial charge in [-0.3, -0.25) is 0 Å². The summed E-state index contributed by atoms with van der Waals surface area (Å²) >= 11 is 0. The maximum Gasteiger partial charge on any atom is 0.252 e. The van der Waals surface area contributed by atoms with Crippen molar-refractivity contribution in [3.8, 4) is 27.9 Å². The fourth-order valence-corrected chi connectivity index (χ4v) is 17.6. The quantitative estimate of drug-likeness (QED) is 0.160. The summed E-state index contributed by atoms with van der Waals surface area (Å²) in [4.78, 5) is 5.30. The SMILES string of the molecule is CC(C)(C)c1ccc2c(c1)c1cc(C(C)(C)C)cc3c4cc5c(cc4n2c13)N(c1ccc(-c2ccccc2)cc1)c1cc(-n2c3ccccc3c3ccccc32)cc2c1B5c1cc3c4cc(C(C)(C)C)cc5c6cc(C(C)(C)C)ccc6n(c3cc1N2c1ccc(-c2ccccc2)cc1)c54. The second kappa shape index (κ2) is 20.3. The molecule has 7 heterocycles. The minimum atomic E-state index is -0.211. The number of nitrogens with zero attached hydrogens (tertiary/aromatic N) is 5. The number of benzene rings is 13. The lowest BCUT2D eigenvalue weighted by Gasteiger charge is -2.44. The van der Waals surface area contributed by atoms with Crippen LogP contribution < -0.4 is 26.2 Å². The number of anilines is 6. The molecule has 6 heteroatoms. The number of para-hydroxylation sites is 2. The molecule has 5 aromatic heterocycles. The molecule has 0 fully saturated rings. The van der Waals surface area contributed by atoms with Crippen LogP contribution in [0, 0.1) is 0 Å². The zero-order valence-electron chi connectivity index (χ0n) is 59.1. The Morgan fingerprint density at radius 2 is 0.580 bits per heavy atom. The molecule has 5 nitrogen and oxygen atoms in total. The van der Waals surface area contributed by atoms with Crippen molar-refractivity contribution < 1.29 is 0 Å².